The average Bonchev–Trinajstić information content (AvgIpc) is 3.24. The lowest BCUT2D eigenvalue weighted by atomic mass is 10.1. The Balaban J connectivity index is 4.44. The lowest BCUT2D eigenvalue weighted by Gasteiger charge is -2.18. The van der Waals surface area contributed by atoms with E-state index in [-0.39, 0.29) is 31.1 Å². The maximum atomic E-state index is 12.8. The minimum Gasteiger partial charge on any atom is -0.462 e. The molecule has 0 heterocycles. The number of carbonyl (C=O) groups excluding carboxylic acids is 3. The van der Waals surface area contributed by atoms with E-state index in [4.69, 9.17) is 14.2 Å². The van der Waals surface area contributed by atoms with Crippen LogP contribution in [-0.4, -0.2) is 37.2 Å². The molecule has 0 aliphatic carbocycles. The van der Waals surface area contributed by atoms with Crippen LogP contribution in [0.1, 0.15) is 233 Å². The van der Waals surface area contributed by atoms with Gasteiger partial charge in [0.15, 0.2) is 6.10 Å². The topological polar surface area (TPSA) is 78.9 Å². The highest BCUT2D eigenvalue weighted by Crippen LogP contribution is 2.14. The van der Waals surface area contributed by atoms with Gasteiger partial charge in [0.25, 0.3) is 0 Å². The quantitative estimate of drug-likeness (QED) is 0.0263. The molecular weight excluding hydrogens is 745 g/mol. The highest BCUT2D eigenvalue weighted by molar-refractivity contribution is 5.71. The summed E-state index contributed by atoms with van der Waals surface area (Å²) in [6.07, 6.45) is 60.2. The maximum Gasteiger partial charge on any atom is 0.306 e. The van der Waals surface area contributed by atoms with E-state index in [2.05, 4.69) is 93.7 Å². The van der Waals surface area contributed by atoms with Gasteiger partial charge in [-0.3, -0.25) is 14.4 Å². The Morgan fingerprint density at radius 1 is 0.350 bits per heavy atom. The van der Waals surface area contributed by atoms with Crippen molar-refractivity contribution in [1.82, 2.24) is 0 Å². The summed E-state index contributed by atoms with van der Waals surface area (Å²) in [6.45, 7) is 6.43. The van der Waals surface area contributed by atoms with E-state index in [1.807, 2.05) is 0 Å². The summed E-state index contributed by atoms with van der Waals surface area (Å²) in [5.74, 6) is -0.939. The molecule has 0 saturated carbocycles. The van der Waals surface area contributed by atoms with Crippen molar-refractivity contribution in [1.29, 1.82) is 0 Å². The molecule has 0 aromatic heterocycles. The standard InChI is InChI=1S/C54H92O6/c1-4-7-10-13-16-19-22-24-26-28-29-32-35-38-41-44-47-53(56)59-50-51(49-58-52(55)46-43-40-37-34-31-21-18-15-12-9-6-3)60-54(57)48-45-42-39-36-33-30-27-25-23-20-17-14-11-8-5-2/h7,10,15-16,18-20,23-24,26,29,32,51H,4-6,8-9,11-14,17,21-22,25,27-28,30-31,33-50H2,1-3H3/b10-7-,18-15-,19-16-,23-20-,26-24-,32-29-. The van der Waals surface area contributed by atoms with Crippen LogP contribution in [0.4, 0.5) is 0 Å². The molecule has 6 heteroatoms. The molecule has 0 radical (unpaired) electrons. The van der Waals surface area contributed by atoms with E-state index >= 15 is 0 Å². The Labute approximate surface area is 370 Å². The first-order valence-electron chi connectivity index (χ1n) is 24.9. The van der Waals surface area contributed by atoms with E-state index in [0.717, 1.165) is 96.3 Å². The van der Waals surface area contributed by atoms with Gasteiger partial charge in [-0.15, -0.1) is 0 Å². The third kappa shape index (κ3) is 45.9. The lowest BCUT2D eigenvalue weighted by Crippen LogP contribution is -2.30. The molecule has 0 N–H and O–H groups in total. The molecule has 1 atom stereocenters. The van der Waals surface area contributed by atoms with Crippen LogP contribution in [0.5, 0.6) is 0 Å². The zero-order chi connectivity index (χ0) is 43.7. The van der Waals surface area contributed by atoms with E-state index in [1.54, 1.807) is 0 Å². The number of allylic oxidation sites excluding steroid dienone is 12. The zero-order valence-corrected chi connectivity index (χ0v) is 39.2. The number of hydrogen-bond acceptors (Lipinski definition) is 6. The highest BCUT2D eigenvalue weighted by Gasteiger charge is 2.19. The van der Waals surface area contributed by atoms with E-state index in [1.165, 1.54) is 96.3 Å². The van der Waals surface area contributed by atoms with Crippen LogP contribution in [0.3, 0.4) is 0 Å². The first-order valence-corrected chi connectivity index (χ1v) is 24.9. The third-order valence-electron chi connectivity index (χ3n) is 10.4. The molecule has 0 aromatic rings. The molecule has 1 unspecified atom stereocenters. The van der Waals surface area contributed by atoms with Crippen LogP contribution in [0.2, 0.25) is 0 Å². The number of unbranched alkanes of at least 4 members (excludes halogenated alkanes) is 21. The molecular formula is C54H92O6. The second-order valence-corrected chi connectivity index (χ2v) is 16.3. The van der Waals surface area contributed by atoms with Crippen molar-refractivity contribution in [2.75, 3.05) is 13.2 Å². The van der Waals surface area contributed by atoms with Crippen LogP contribution >= 0.6 is 0 Å². The van der Waals surface area contributed by atoms with Crippen molar-refractivity contribution in [3.63, 3.8) is 0 Å². The molecule has 60 heavy (non-hydrogen) atoms. The second-order valence-electron chi connectivity index (χ2n) is 16.3. The fraction of sp³-hybridized carbons (Fsp3) is 0.722. The molecule has 0 aliphatic heterocycles. The van der Waals surface area contributed by atoms with Crippen LogP contribution in [0, 0.1) is 0 Å². The van der Waals surface area contributed by atoms with Gasteiger partial charge in [-0.2, -0.15) is 0 Å². The zero-order valence-electron chi connectivity index (χ0n) is 39.2. The molecule has 0 rings (SSSR count). The molecule has 0 aliphatic rings. The van der Waals surface area contributed by atoms with Crippen LogP contribution in [0.15, 0.2) is 72.9 Å². The molecule has 0 bridgehead atoms. The monoisotopic (exact) mass is 837 g/mol. The first-order chi connectivity index (χ1) is 29.5. The Kier molecular flexibility index (Phi) is 46.0. The van der Waals surface area contributed by atoms with Crippen molar-refractivity contribution < 1.29 is 28.6 Å². The molecule has 0 fully saturated rings. The van der Waals surface area contributed by atoms with E-state index in [9.17, 15) is 14.4 Å². The Morgan fingerprint density at radius 2 is 0.667 bits per heavy atom. The number of hydrogen-bond donors (Lipinski definition) is 0. The molecule has 0 saturated heterocycles. The minimum absolute atomic E-state index is 0.0921. The van der Waals surface area contributed by atoms with Crippen molar-refractivity contribution in [2.24, 2.45) is 0 Å². The summed E-state index contributed by atoms with van der Waals surface area (Å²) >= 11 is 0. The maximum absolute atomic E-state index is 12.8. The highest BCUT2D eigenvalue weighted by atomic mass is 16.6. The van der Waals surface area contributed by atoms with Gasteiger partial charge in [-0.25, -0.2) is 0 Å². The Hall–Kier alpha value is -3.15. The van der Waals surface area contributed by atoms with Crippen molar-refractivity contribution in [3.05, 3.63) is 72.9 Å². The molecule has 344 valence electrons. The number of esters is 3. The molecule has 0 aromatic carbocycles. The summed E-state index contributed by atoms with van der Waals surface area (Å²) in [5.41, 5.74) is 0. The van der Waals surface area contributed by atoms with Gasteiger partial charge in [0.1, 0.15) is 13.2 Å². The fourth-order valence-electron chi connectivity index (χ4n) is 6.64. The summed E-state index contributed by atoms with van der Waals surface area (Å²) in [4.78, 5) is 37.9. The molecule has 0 spiro atoms. The van der Waals surface area contributed by atoms with Gasteiger partial charge in [-0.05, 0) is 103 Å². The van der Waals surface area contributed by atoms with Crippen LogP contribution in [0.25, 0.3) is 0 Å². The smallest absolute Gasteiger partial charge is 0.306 e. The average molecular weight is 837 g/mol. The Bertz CT molecular complexity index is 1140. The Morgan fingerprint density at radius 3 is 1.10 bits per heavy atom. The third-order valence-corrected chi connectivity index (χ3v) is 10.4. The van der Waals surface area contributed by atoms with Crippen LogP contribution < -0.4 is 0 Å². The van der Waals surface area contributed by atoms with Crippen LogP contribution in [-0.2, 0) is 28.6 Å². The van der Waals surface area contributed by atoms with Gasteiger partial charge in [0, 0.05) is 19.3 Å². The normalized spacial score (nSPS) is 12.7. The SMILES string of the molecule is CC/C=C\C/C=C\C/C=C\C/C=C\CCCCCC(=O)OCC(COC(=O)CCCCCCC/C=C\CCCC)OC(=O)CCCCCCCCC/C=C\CCCCCC. The van der Waals surface area contributed by atoms with Gasteiger partial charge in [0.05, 0.1) is 0 Å². The largest absolute Gasteiger partial charge is 0.462 e. The number of carbonyl (C=O) groups is 3. The number of ether oxygens (including phenoxy) is 3. The lowest BCUT2D eigenvalue weighted by molar-refractivity contribution is -0.167. The van der Waals surface area contributed by atoms with Gasteiger partial charge in [-0.1, -0.05) is 184 Å². The predicted molar refractivity (Wildman–Crippen MR) is 256 cm³/mol. The molecule has 6 nitrogen and oxygen atoms in total. The fourth-order valence-corrected chi connectivity index (χ4v) is 6.64. The van der Waals surface area contributed by atoms with E-state index in [0.29, 0.717) is 19.3 Å². The van der Waals surface area contributed by atoms with Crippen molar-refractivity contribution in [2.45, 2.75) is 239 Å². The van der Waals surface area contributed by atoms with Gasteiger partial charge >= 0.3 is 17.9 Å². The summed E-state index contributed by atoms with van der Waals surface area (Å²) < 4.78 is 16.7. The summed E-state index contributed by atoms with van der Waals surface area (Å²) in [6, 6.07) is 0. The van der Waals surface area contributed by atoms with E-state index < -0.39 is 6.10 Å². The number of rotatable bonds is 44. The van der Waals surface area contributed by atoms with Crippen molar-refractivity contribution >= 4 is 17.9 Å². The predicted octanol–water partition coefficient (Wildman–Crippen LogP) is 16.3. The van der Waals surface area contributed by atoms with Crippen molar-refractivity contribution in [3.8, 4) is 0 Å². The summed E-state index contributed by atoms with van der Waals surface area (Å²) in [7, 11) is 0. The first kappa shape index (κ1) is 56.9. The van der Waals surface area contributed by atoms with Gasteiger partial charge in [0.2, 0.25) is 0 Å². The molecule has 0 amide bonds. The summed E-state index contributed by atoms with van der Waals surface area (Å²) in [5, 5.41) is 0. The van der Waals surface area contributed by atoms with Gasteiger partial charge < -0.3 is 14.2 Å². The second kappa shape index (κ2) is 48.5. The minimum atomic E-state index is -0.792.